The van der Waals surface area contributed by atoms with Gasteiger partial charge in [-0.05, 0) is 17.7 Å². The zero-order valence-corrected chi connectivity index (χ0v) is 8.41. The first-order chi connectivity index (χ1) is 6.99. The molecule has 15 heavy (non-hydrogen) atoms. The van der Waals surface area contributed by atoms with Crippen molar-refractivity contribution in [3.63, 3.8) is 0 Å². The highest BCUT2D eigenvalue weighted by Gasteiger charge is 2.36. The monoisotopic (exact) mass is 219 g/mol. The third-order valence-electron chi connectivity index (χ3n) is 2.04. The van der Waals surface area contributed by atoms with Gasteiger partial charge in [0.25, 0.3) is 0 Å². The summed E-state index contributed by atoms with van der Waals surface area (Å²) in [5.74, 6) is 0.517. The molecule has 84 valence electrons. The lowest BCUT2D eigenvalue weighted by Gasteiger charge is -2.25. The highest BCUT2D eigenvalue weighted by molar-refractivity contribution is 6.59. The Balaban J connectivity index is 2.93. The first-order valence-electron chi connectivity index (χ1n) is 4.35. The molecule has 0 aromatic heterocycles. The van der Waals surface area contributed by atoms with Gasteiger partial charge in [-0.15, -0.1) is 0 Å². The largest absolute Gasteiger partial charge is 0.511 e. The van der Waals surface area contributed by atoms with Gasteiger partial charge in [-0.2, -0.15) is 0 Å². The van der Waals surface area contributed by atoms with Gasteiger partial charge in [-0.25, -0.2) is 0 Å². The van der Waals surface area contributed by atoms with E-state index < -0.39 is 13.0 Å². The van der Waals surface area contributed by atoms with Gasteiger partial charge in [0.05, 0.1) is 13.1 Å². The summed E-state index contributed by atoms with van der Waals surface area (Å²) in [6.07, 6.45) is 0. The number of methoxy groups -OCH3 is 2. The van der Waals surface area contributed by atoms with Crippen molar-refractivity contribution >= 4 is 6.98 Å². The van der Waals surface area contributed by atoms with E-state index in [0.717, 1.165) is 7.11 Å². The van der Waals surface area contributed by atoms with E-state index in [1.54, 1.807) is 0 Å². The third kappa shape index (κ3) is 2.89. The van der Waals surface area contributed by atoms with Crippen LogP contribution in [0.2, 0.25) is 0 Å². The van der Waals surface area contributed by atoms with Crippen LogP contribution in [0.25, 0.3) is 0 Å². The van der Waals surface area contributed by atoms with Crippen LogP contribution in [0.1, 0.15) is 11.6 Å². The van der Waals surface area contributed by atoms with Crippen LogP contribution in [0, 0.1) is 0 Å². The fourth-order valence-electron chi connectivity index (χ4n) is 1.30. The molecule has 0 saturated heterocycles. The number of halogens is 3. The first-order valence-corrected chi connectivity index (χ1v) is 4.35. The summed E-state index contributed by atoms with van der Waals surface area (Å²) >= 11 is 0. The molecular weight excluding hydrogens is 208 g/mol. The molecule has 0 N–H and O–H groups in total. The lowest BCUT2D eigenvalue weighted by molar-refractivity contribution is 0.126. The highest BCUT2D eigenvalue weighted by Crippen LogP contribution is 2.31. The van der Waals surface area contributed by atoms with Gasteiger partial charge >= 0.3 is 6.98 Å². The van der Waals surface area contributed by atoms with Gasteiger partial charge in [0.1, 0.15) is 5.75 Å². The van der Waals surface area contributed by atoms with Crippen molar-refractivity contribution in [1.29, 1.82) is 0 Å². The van der Waals surface area contributed by atoms with E-state index in [1.807, 2.05) is 0 Å². The van der Waals surface area contributed by atoms with Crippen LogP contribution in [0.4, 0.5) is 12.9 Å². The van der Waals surface area contributed by atoms with E-state index in [4.69, 9.17) is 4.74 Å². The van der Waals surface area contributed by atoms with E-state index in [9.17, 15) is 12.9 Å². The summed E-state index contributed by atoms with van der Waals surface area (Å²) in [5, 5.41) is 0. The van der Waals surface area contributed by atoms with Crippen molar-refractivity contribution in [3.05, 3.63) is 29.8 Å². The minimum Gasteiger partial charge on any atom is -0.497 e. The first kappa shape index (κ1) is 11.9. The van der Waals surface area contributed by atoms with E-state index in [0.29, 0.717) is 5.75 Å². The zero-order valence-electron chi connectivity index (χ0n) is 8.41. The van der Waals surface area contributed by atoms with Crippen LogP contribution < -0.4 is 4.74 Å². The number of ether oxygens (including phenoxy) is 2. The maximum absolute atomic E-state index is 12.5. The quantitative estimate of drug-likeness (QED) is 0.724. The fourth-order valence-corrected chi connectivity index (χ4v) is 1.30. The molecular formula is C9H11BF3O2-. The standard InChI is InChI=1S/C9H11BF3O2/c1-14-8-5-3-7(4-6-8)9(15-2)10(11,12)13/h3-6,9H,1-2H3/q-1. The molecule has 0 heterocycles. The average Bonchev–Trinajstić information content (AvgIpc) is 2.18. The molecule has 1 atom stereocenters. The van der Waals surface area contributed by atoms with Crippen molar-refractivity contribution in [2.24, 2.45) is 0 Å². The van der Waals surface area contributed by atoms with Gasteiger partial charge < -0.3 is 22.4 Å². The summed E-state index contributed by atoms with van der Waals surface area (Å²) in [6.45, 7) is -5.04. The average molecular weight is 219 g/mol. The van der Waals surface area contributed by atoms with Crippen molar-refractivity contribution in [3.8, 4) is 5.75 Å². The Labute approximate surface area is 86.1 Å². The molecule has 0 radical (unpaired) electrons. The Kier molecular flexibility index (Phi) is 3.63. The maximum Gasteiger partial charge on any atom is 0.511 e. The van der Waals surface area contributed by atoms with E-state index in [1.165, 1.54) is 31.4 Å². The topological polar surface area (TPSA) is 18.5 Å². The lowest BCUT2D eigenvalue weighted by Crippen LogP contribution is -2.28. The molecule has 0 aliphatic carbocycles. The molecule has 0 aliphatic heterocycles. The van der Waals surface area contributed by atoms with Gasteiger partial charge in [0.15, 0.2) is 0 Å². The van der Waals surface area contributed by atoms with Crippen molar-refractivity contribution in [2.75, 3.05) is 14.2 Å². The molecule has 0 spiro atoms. The van der Waals surface area contributed by atoms with Gasteiger partial charge in [0.2, 0.25) is 0 Å². The Bertz CT molecular complexity index is 310. The number of benzene rings is 1. The summed E-state index contributed by atoms with van der Waals surface area (Å²) < 4.78 is 46.8. The molecule has 0 bridgehead atoms. The summed E-state index contributed by atoms with van der Waals surface area (Å²) in [4.78, 5) is 0. The SMILES string of the molecule is COc1ccc(C(OC)[B-](F)(F)F)cc1. The van der Waals surface area contributed by atoms with Gasteiger partial charge in [-0.1, -0.05) is 12.1 Å². The van der Waals surface area contributed by atoms with Crippen LogP contribution in [0.3, 0.4) is 0 Å². The minimum absolute atomic E-state index is 0.0887. The molecule has 1 unspecified atom stereocenters. The van der Waals surface area contributed by atoms with Gasteiger partial charge in [0, 0.05) is 7.11 Å². The van der Waals surface area contributed by atoms with Gasteiger partial charge in [-0.3, -0.25) is 0 Å². The number of hydrogen-bond donors (Lipinski definition) is 0. The van der Waals surface area contributed by atoms with Crippen LogP contribution in [-0.4, -0.2) is 21.2 Å². The molecule has 2 nitrogen and oxygen atoms in total. The van der Waals surface area contributed by atoms with Crippen LogP contribution >= 0.6 is 0 Å². The zero-order chi connectivity index (χ0) is 11.5. The second-order valence-electron chi connectivity index (χ2n) is 3.05. The third-order valence-corrected chi connectivity index (χ3v) is 2.04. The minimum atomic E-state index is -5.04. The second-order valence-corrected chi connectivity index (χ2v) is 3.05. The molecule has 0 fully saturated rings. The summed E-state index contributed by atoms with van der Waals surface area (Å²) in [6, 6.07) is 3.83. The van der Waals surface area contributed by atoms with E-state index in [2.05, 4.69) is 4.74 Å². The summed E-state index contributed by atoms with van der Waals surface area (Å²) in [7, 11) is 2.50. The Morgan fingerprint density at radius 2 is 1.60 bits per heavy atom. The van der Waals surface area contributed by atoms with Crippen LogP contribution in [0.5, 0.6) is 5.75 Å². The smallest absolute Gasteiger partial charge is 0.497 e. The molecule has 0 saturated carbocycles. The molecule has 0 amide bonds. The fraction of sp³-hybridized carbons (Fsp3) is 0.333. The number of hydrogen-bond acceptors (Lipinski definition) is 2. The molecule has 1 aromatic carbocycles. The van der Waals surface area contributed by atoms with E-state index in [-0.39, 0.29) is 5.56 Å². The highest BCUT2D eigenvalue weighted by atomic mass is 19.4. The molecule has 1 rings (SSSR count). The van der Waals surface area contributed by atoms with Crippen molar-refractivity contribution in [1.82, 2.24) is 0 Å². The summed E-state index contributed by atoms with van der Waals surface area (Å²) in [5.41, 5.74) is 0.0887. The van der Waals surface area contributed by atoms with Crippen LogP contribution in [0.15, 0.2) is 24.3 Å². The van der Waals surface area contributed by atoms with Crippen molar-refractivity contribution < 1.29 is 22.4 Å². The Morgan fingerprint density at radius 1 is 1.07 bits per heavy atom. The predicted molar refractivity (Wildman–Crippen MR) is 51.8 cm³/mol. The number of rotatable bonds is 4. The molecule has 0 aliphatic rings. The maximum atomic E-state index is 12.5. The second kappa shape index (κ2) is 4.57. The Morgan fingerprint density at radius 3 is 1.93 bits per heavy atom. The molecule has 1 aromatic rings. The van der Waals surface area contributed by atoms with Crippen LogP contribution in [-0.2, 0) is 4.74 Å². The lowest BCUT2D eigenvalue weighted by atomic mass is 9.77. The van der Waals surface area contributed by atoms with Crippen molar-refractivity contribution in [2.45, 2.75) is 6.00 Å². The Hall–Kier alpha value is -1.17. The predicted octanol–water partition coefficient (Wildman–Crippen LogP) is 2.77. The van der Waals surface area contributed by atoms with E-state index >= 15 is 0 Å². The molecule has 6 heteroatoms. The normalized spacial score (nSPS) is 13.7.